The summed E-state index contributed by atoms with van der Waals surface area (Å²) in [4.78, 5) is 15.8. The molecule has 0 spiro atoms. The number of fused-ring (bicyclic) bond motifs is 1. The minimum Gasteiger partial charge on any atom is -0.304 e. The maximum Gasteiger partial charge on any atom is 0.417 e. The van der Waals surface area contributed by atoms with Gasteiger partial charge in [0, 0.05) is 12.4 Å². The van der Waals surface area contributed by atoms with Crippen molar-refractivity contribution in [3.05, 3.63) is 63.5 Å². The van der Waals surface area contributed by atoms with Crippen LogP contribution in [0.3, 0.4) is 0 Å². The molecular weight excluding hydrogens is 442 g/mol. The third-order valence-corrected chi connectivity index (χ3v) is 5.76. The summed E-state index contributed by atoms with van der Waals surface area (Å²) in [7, 11) is -4.33. The van der Waals surface area contributed by atoms with Gasteiger partial charge in [-0.2, -0.15) is 13.2 Å². The molecule has 0 saturated carbocycles. The number of rotatable bonds is 3. The first-order chi connectivity index (χ1) is 12.9. The van der Waals surface area contributed by atoms with Crippen LogP contribution >= 0.6 is 23.2 Å². The van der Waals surface area contributed by atoms with Gasteiger partial charge in [0.15, 0.2) is 5.65 Å². The van der Waals surface area contributed by atoms with Crippen LogP contribution in [-0.2, 0) is 16.2 Å². The molecule has 1 amide bonds. The van der Waals surface area contributed by atoms with E-state index in [1.54, 1.807) is 17.7 Å². The van der Waals surface area contributed by atoms with Crippen molar-refractivity contribution in [2.24, 2.45) is 0 Å². The Morgan fingerprint density at radius 1 is 1.14 bits per heavy atom. The van der Waals surface area contributed by atoms with Crippen molar-refractivity contribution >= 4 is 44.8 Å². The van der Waals surface area contributed by atoms with E-state index in [1.165, 1.54) is 12.1 Å². The highest BCUT2D eigenvalue weighted by atomic mass is 35.5. The molecule has 12 heteroatoms. The van der Waals surface area contributed by atoms with Gasteiger partial charge >= 0.3 is 6.18 Å². The molecule has 28 heavy (non-hydrogen) atoms. The van der Waals surface area contributed by atoms with Crippen molar-refractivity contribution in [1.29, 1.82) is 0 Å². The zero-order valence-electron chi connectivity index (χ0n) is 13.9. The van der Waals surface area contributed by atoms with Crippen LogP contribution in [0.2, 0.25) is 10.0 Å². The van der Waals surface area contributed by atoms with Gasteiger partial charge in [-0.05, 0) is 30.7 Å². The molecule has 2 heterocycles. The number of nitrogens with zero attached hydrogens (tertiary/aromatic N) is 2. The number of nitrogens with one attached hydrogen (secondary N) is 1. The van der Waals surface area contributed by atoms with Crippen molar-refractivity contribution in [2.75, 3.05) is 0 Å². The van der Waals surface area contributed by atoms with Crippen molar-refractivity contribution < 1.29 is 26.4 Å². The Labute approximate surface area is 166 Å². The van der Waals surface area contributed by atoms with E-state index < -0.39 is 33.4 Å². The van der Waals surface area contributed by atoms with E-state index in [9.17, 15) is 26.4 Å². The maximum absolute atomic E-state index is 12.9. The SMILES string of the molecule is Cc1ccc(Cl)c(S(=O)(=O)NC(=O)c2cn3cc(C(F)(F)F)cc(Cl)c3n2)c1. The molecule has 0 aliphatic carbocycles. The lowest BCUT2D eigenvalue weighted by atomic mass is 10.2. The topological polar surface area (TPSA) is 80.5 Å². The van der Waals surface area contributed by atoms with Crippen molar-refractivity contribution in [3.8, 4) is 0 Å². The van der Waals surface area contributed by atoms with Crippen LogP contribution in [0.15, 0.2) is 41.6 Å². The Bertz CT molecular complexity index is 1210. The second kappa shape index (κ2) is 6.94. The summed E-state index contributed by atoms with van der Waals surface area (Å²) in [5.41, 5.74) is -1.02. The fraction of sp³-hybridized carbons (Fsp3) is 0.125. The molecule has 0 unspecified atom stereocenters. The van der Waals surface area contributed by atoms with Gasteiger partial charge in [-0.3, -0.25) is 4.79 Å². The highest BCUT2D eigenvalue weighted by Crippen LogP contribution is 2.32. The first kappa shape index (κ1) is 20.4. The molecule has 0 saturated heterocycles. The van der Waals surface area contributed by atoms with Gasteiger partial charge in [0.25, 0.3) is 15.9 Å². The fourth-order valence-corrected chi connectivity index (χ4v) is 4.17. The Kier molecular flexibility index (Phi) is 5.07. The first-order valence-electron chi connectivity index (χ1n) is 7.47. The lowest BCUT2D eigenvalue weighted by Crippen LogP contribution is -2.31. The van der Waals surface area contributed by atoms with E-state index in [2.05, 4.69) is 4.98 Å². The number of sulfonamides is 1. The summed E-state index contributed by atoms with van der Waals surface area (Å²) in [6.45, 7) is 1.64. The second-order valence-electron chi connectivity index (χ2n) is 5.80. The van der Waals surface area contributed by atoms with Crippen molar-refractivity contribution in [3.63, 3.8) is 0 Å². The number of hydrogen-bond donors (Lipinski definition) is 1. The molecule has 3 aromatic rings. The van der Waals surface area contributed by atoms with E-state index >= 15 is 0 Å². The summed E-state index contributed by atoms with van der Waals surface area (Å²) in [5.74, 6) is -1.15. The van der Waals surface area contributed by atoms with Crippen LogP contribution in [-0.4, -0.2) is 23.7 Å². The predicted octanol–water partition coefficient (Wildman–Crippen LogP) is 4.09. The smallest absolute Gasteiger partial charge is 0.304 e. The Morgan fingerprint density at radius 2 is 1.82 bits per heavy atom. The molecule has 0 atom stereocenters. The average molecular weight is 452 g/mol. The molecule has 3 rings (SSSR count). The van der Waals surface area contributed by atoms with E-state index in [0.717, 1.165) is 10.6 Å². The maximum atomic E-state index is 12.9. The lowest BCUT2D eigenvalue weighted by molar-refractivity contribution is -0.137. The summed E-state index contributed by atoms with van der Waals surface area (Å²) < 4.78 is 66.2. The highest BCUT2D eigenvalue weighted by Gasteiger charge is 2.32. The van der Waals surface area contributed by atoms with Crippen molar-refractivity contribution in [2.45, 2.75) is 18.0 Å². The number of alkyl halides is 3. The average Bonchev–Trinajstić information content (AvgIpc) is 3.01. The number of benzene rings is 1. The third-order valence-electron chi connectivity index (χ3n) is 3.67. The lowest BCUT2D eigenvalue weighted by Gasteiger charge is -2.08. The van der Waals surface area contributed by atoms with Gasteiger partial charge in [0.05, 0.1) is 15.6 Å². The molecule has 0 fully saturated rings. The number of aryl methyl sites for hydroxylation is 1. The summed E-state index contributed by atoms with van der Waals surface area (Å²) >= 11 is 11.7. The number of hydrogen-bond acceptors (Lipinski definition) is 4. The van der Waals surface area contributed by atoms with E-state index in [4.69, 9.17) is 23.2 Å². The quantitative estimate of drug-likeness (QED) is 0.650. The zero-order chi connectivity index (χ0) is 20.9. The molecule has 0 radical (unpaired) electrons. The molecule has 0 aliphatic rings. The molecule has 6 nitrogen and oxygen atoms in total. The van der Waals surface area contributed by atoms with Gasteiger partial charge in [0.1, 0.15) is 10.6 Å². The van der Waals surface area contributed by atoms with Crippen LogP contribution < -0.4 is 4.72 Å². The second-order valence-corrected chi connectivity index (χ2v) is 8.27. The summed E-state index contributed by atoms with van der Waals surface area (Å²) in [5, 5.41) is -0.447. The van der Waals surface area contributed by atoms with Crippen LogP contribution in [0.1, 0.15) is 21.6 Å². The fourth-order valence-electron chi connectivity index (χ4n) is 2.37. The largest absolute Gasteiger partial charge is 0.417 e. The standard InChI is InChI=1S/C16H10Cl2F3N3O3S/c1-8-2-3-10(17)13(4-8)28(26,27)23-15(25)12-7-24-6-9(16(19,20)21)5-11(18)14(24)22-12/h2-7H,1H3,(H,23,25). The van der Waals surface area contributed by atoms with Gasteiger partial charge in [-0.15, -0.1) is 0 Å². The van der Waals surface area contributed by atoms with E-state index in [0.29, 0.717) is 17.8 Å². The third kappa shape index (κ3) is 3.94. The first-order valence-corrected chi connectivity index (χ1v) is 9.71. The van der Waals surface area contributed by atoms with Crippen LogP contribution in [0, 0.1) is 6.92 Å². The molecular formula is C16H10Cl2F3N3O3S. The van der Waals surface area contributed by atoms with Crippen LogP contribution in [0.25, 0.3) is 5.65 Å². The minimum absolute atomic E-state index is 0.0984. The monoisotopic (exact) mass is 451 g/mol. The number of imidazole rings is 1. The number of carbonyl (C=O) groups is 1. The Morgan fingerprint density at radius 3 is 2.46 bits per heavy atom. The molecule has 1 aromatic carbocycles. The van der Waals surface area contributed by atoms with Gasteiger partial charge in [-0.25, -0.2) is 18.1 Å². The Hall–Kier alpha value is -2.30. The minimum atomic E-state index is -4.66. The molecule has 1 N–H and O–H groups in total. The van der Waals surface area contributed by atoms with Gasteiger partial charge in [-0.1, -0.05) is 29.3 Å². The van der Waals surface area contributed by atoms with Gasteiger partial charge in [0.2, 0.25) is 0 Å². The van der Waals surface area contributed by atoms with Crippen molar-refractivity contribution in [1.82, 2.24) is 14.1 Å². The molecule has 0 aliphatic heterocycles. The number of carbonyl (C=O) groups excluding carboxylic acids is 1. The van der Waals surface area contributed by atoms with Gasteiger partial charge < -0.3 is 4.40 Å². The molecule has 2 aromatic heterocycles. The van der Waals surface area contributed by atoms with Crippen LogP contribution in [0.5, 0.6) is 0 Å². The van der Waals surface area contributed by atoms with E-state index in [1.807, 2.05) is 0 Å². The number of halogens is 5. The zero-order valence-corrected chi connectivity index (χ0v) is 16.2. The van der Waals surface area contributed by atoms with Crippen LogP contribution in [0.4, 0.5) is 13.2 Å². The number of pyridine rings is 1. The van der Waals surface area contributed by atoms with E-state index in [-0.39, 0.29) is 20.6 Å². The summed E-state index contributed by atoms with van der Waals surface area (Å²) in [6, 6.07) is 4.88. The number of aromatic nitrogens is 2. The molecule has 148 valence electrons. The molecule has 0 bridgehead atoms. The normalized spacial score (nSPS) is 12.4. The summed E-state index contributed by atoms with van der Waals surface area (Å²) in [6.07, 6.45) is -3.02. The highest BCUT2D eigenvalue weighted by molar-refractivity contribution is 7.90. The predicted molar refractivity (Wildman–Crippen MR) is 96.0 cm³/mol. The number of amides is 1. The Balaban J connectivity index is 1.98.